The minimum absolute atomic E-state index is 0.359. The first-order chi connectivity index (χ1) is 8.69. The number of hydrogen-bond acceptors (Lipinski definition) is 3. The minimum Gasteiger partial charge on any atom is -0.496 e. The predicted octanol–water partition coefficient (Wildman–Crippen LogP) is 1.97. The molecule has 2 N–H and O–H groups in total. The number of aryl methyl sites for hydroxylation is 1. The van der Waals surface area contributed by atoms with Crippen molar-refractivity contribution in [1.82, 2.24) is 4.90 Å². The van der Waals surface area contributed by atoms with E-state index in [1.165, 1.54) is 30.5 Å². The molecule has 0 amide bonds. The van der Waals surface area contributed by atoms with E-state index in [1.807, 2.05) is 0 Å². The van der Waals surface area contributed by atoms with Gasteiger partial charge in [0, 0.05) is 19.1 Å². The van der Waals surface area contributed by atoms with Gasteiger partial charge in [0.1, 0.15) is 5.75 Å². The van der Waals surface area contributed by atoms with Crippen molar-refractivity contribution in [1.29, 1.82) is 0 Å². The van der Waals surface area contributed by atoms with Gasteiger partial charge in [-0.1, -0.05) is 17.7 Å². The molecule has 0 aromatic heterocycles. The van der Waals surface area contributed by atoms with Crippen LogP contribution >= 0.6 is 0 Å². The third-order valence-electron chi connectivity index (χ3n) is 3.68. The molecule has 1 unspecified atom stereocenters. The van der Waals surface area contributed by atoms with Crippen LogP contribution in [0.4, 0.5) is 0 Å². The fourth-order valence-corrected chi connectivity index (χ4v) is 2.68. The predicted molar refractivity (Wildman–Crippen MR) is 75.1 cm³/mol. The topological polar surface area (TPSA) is 38.5 Å². The second-order valence-electron chi connectivity index (χ2n) is 5.27. The highest BCUT2D eigenvalue weighted by Crippen LogP contribution is 2.21. The molecule has 1 aliphatic heterocycles. The van der Waals surface area contributed by atoms with Gasteiger partial charge in [-0.05, 0) is 44.4 Å². The fourth-order valence-electron chi connectivity index (χ4n) is 2.68. The summed E-state index contributed by atoms with van der Waals surface area (Å²) in [5.74, 6) is 1.00. The Kier molecular flexibility index (Phi) is 4.61. The van der Waals surface area contributed by atoms with Crippen molar-refractivity contribution in [3.05, 3.63) is 29.3 Å². The molecular formula is C15H24N2O. The average Bonchev–Trinajstić information content (AvgIpc) is 2.37. The molecule has 2 rings (SSSR count). The van der Waals surface area contributed by atoms with Crippen LogP contribution in [0.3, 0.4) is 0 Å². The second-order valence-corrected chi connectivity index (χ2v) is 5.27. The monoisotopic (exact) mass is 248 g/mol. The molecule has 0 radical (unpaired) electrons. The van der Waals surface area contributed by atoms with Gasteiger partial charge < -0.3 is 15.4 Å². The lowest BCUT2D eigenvalue weighted by Crippen LogP contribution is -2.43. The van der Waals surface area contributed by atoms with E-state index in [9.17, 15) is 0 Å². The van der Waals surface area contributed by atoms with Crippen LogP contribution < -0.4 is 10.5 Å². The zero-order valence-electron chi connectivity index (χ0n) is 11.5. The van der Waals surface area contributed by atoms with E-state index in [2.05, 4.69) is 30.0 Å². The Morgan fingerprint density at radius 3 is 3.00 bits per heavy atom. The third-order valence-corrected chi connectivity index (χ3v) is 3.68. The van der Waals surface area contributed by atoms with E-state index in [-0.39, 0.29) is 0 Å². The Morgan fingerprint density at radius 1 is 1.44 bits per heavy atom. The molecule has 1 aromatic carbocycles. The number of benzene rings is 1. The molecule has 1 aliphatic rings. The van der Waals surface area contributed by atoms with Gasteiger partial charge in [-0.25, -0.2) is 0 Å². The van der Waals surface area contributed by atoms with Crippen LogP contribution in [0.2, 0.25) is 0 Å². The molecular weight excluding hydrogens is 224 g/mol. The maximum Gasteiger partial charge on any atom is 0.122 e. The number of nitrogens with zero attached hydrogens (tertiary/aromatic N) is 1. The van der Waals surface area contributed by atoms with Gasteiger partial charge in [0.25, 0.3) is 0 Å². The Balaban J connectivity index is 1.94. The summed E-state index contributed by atoms with van der Waals surface area (Å²) in [6, 6.07) is 6.74. The second kappa shape index (κ2) is 6.21. The minimum atomic E-state index is 0.359. The SMILES string of the molecule is COc1ccc(C)cc1CCN1CCCC(N)C1. The molecule has 0 saturated carbocycles. The normalized spacial score (nSPS) is 20.9. The van der Waals surface area contributed by atoms with Crippen molar-refractivity contribution >= 4 is 0 Å². The Morgan fingerprint density at radius 2 is 2.28 bits per heavy atom. The maximum absolute atomic E-state index is 6.01. The highest BCUT2D eigenvalue weighted by molar-refractivity contribution is 5.37. The standard InChI is InChI=1S/C15H24N2O/c1-12-5-6-15(18-2)13(10-12)7-9-17-8-3-4-14(16)11-17/h5-6,10,14H,3-4,7-9,11,16H2,1-2H3. The van der Waals surface area contributed by atoms with Crippen molar-refractivity contribution in [2.45, 2.75) is 32.2 Å². The number of rotatable bonds is 4. The van der Waals surface area contributed by atoms with Gasteiger partial charge in [0.2, 0.25) is 0 Å². The molecule has 1 aromatic rings. The van der Waals surface area contributed by atoms with Crippen LogP contribution in [0.5, 0.6) is 5.75 Å². The lowest BCUT2D eigenvalue weighted by atomic mass is 10.0. The van der Waals surface area contributed by atoms with E-state index in [4.69, 9.17) is 10.5 Å². The first-order valence-corrected chi connectivity index (χ1v) is 6.80. The number of hydrogen-bond donors (Lipinski definition) is 1. The molecule has 18 heavy (non-hydrogen) atoms. The molecule has 1 heterocycles. The molecule has 1 atom stereocenters. The van der Waals surface area contributed by atoms with Crippen molar-refractivity contribution in [3.63, 3.8) is 0 Å². The average molecular weight is 248 g/mol. The van der Waals surface area contributed by atoms with Crippen LogP contribution in [0, 0.1) is 6.92 Å². The Labute approximate surface area is 110 Å². The first kappa shape index (κ1) is 13.4. The smallest absolute Gasteiger partial charge is 0.122 e. The number of piperidine rings is 1. The van der Waals surface area contributed by atoms with E-state index in [0.29, 0.717) is 6.04 Å². The Hall–Kier alpha value is -1.06. The number of nitrogens with two attached hydrogens (primary N) is 1. The van der Waals surface area contributed by atoms with Gasteiger partial charge >= 0.3 is 0 Å². The summed E-state index contributed by atoms with van der Waals surface area (Å²) < 4.78 is 5.42. The lowest BCUT2D eigenvalue weighted by molar-refractivity contribution is 0.211. The van der Waals surface area contributed by atoms with Crippen LogP contribution in [0.25, 0.3) is 0 Å². The number of methoxy groups -OCH3 is 1. The summed E-state index contributed by atoms with van der Waals surface area (Å²) in [6.07, 6.45) is 3.44. The van der Waals surface area contributed by atoms with Crippen molar-refractivity contribution in [2.24, 2.45) is 5.73 Å². The molecule has 100 valence electrons. The molecule has 3 heteroatoms. The van der Waals surface area contributed by atoms with Gasteiger partial charge in [0.15, 0.2) is 0 Å². The molecule has 1 saturated heterocycles. The van der Waals surface area contributed by atoms with E-state index in [0.717, 1.165) is 25.3 Å². The quantitative estimate of drug-likeness (QED) is 0.885. The summed E-state index contributed by atoms with van der Waals surface area (Å²) in [7, 11) is 1.74. The summed E-state index contributed by atoms with van der Waals surface area (Å²) in [6.45, 7) is 5.42. The molecule has 1 fully saturated rings. The summed E-state index contributed by atoms with van der Waals surface area (Å²) in [5.41, 5.74) is 8.60. The van der Waals surface area contributed by atoms with Gasteiger partial charge in [-0.3, -0.25) is 0 Å². The van der Waals surface area contributed by atoms with Gasteiger partial charge in [-0.2, -0.15) is 0 Å². The highest BCUT2D eigenvalue weighted by atomic mass is 16.5. The zero-order chi connectivity index (χ0) is 13.0. The van der Waals surface area contributed by atoms with E-state index in [1.54, 1.807) is 7.11 Å². The van der Waals surface area contributed by atoms with Crippen molar-refractivity contribution in [3.8, 4) is 5.75 Å². The van der Waals surface area contributed by atoms with Crippen LogP contribution in [-0.4, -0.2) is 37.7 Å². The van der Waals surface area contributed by atoms with Crippen molar-refractivity contribution in [2.75, 3.05) is 26.7 Å². The first-order valence-electron chi connectivity index (χ1n) is 6.80. The van der Waals surface area contributed by atoms with Crippen LogP contribution in [-0.2, 0) is 6.42 Å². The molecule has 0 spiro atoms. The zero-order valence-corrected chi connectivity index (χ0v) is 11.5. The molecule has 0 aliphatic carbocycles. The van der Waals surface area contributed by atoms with Gasteiger partial charge in [-0.15, -0.1) is 0 Å². The Bertz CT molecular complexity index is 392. The highest BCUT2D eigenvalue weighted by Gasteiger charge is 2.16. The van der Waals surface area contributed by atoms with Crippen LogP contribution in [0.15, 0.2) is 18.2 Å². The van der Waals surface area contributed by atoms with Gasteiger partial charge in [0.05, 0.1) is 7.11 Å². The lowest BCUT2D eigenvalue weighted by Gasteiger charge is -2.30. The summed E-state index contributed by atoms with van der Waals surface area (Å²) in [4.78, 5) is 2.47. The van der Waals surface area contributed by atoms with E-state index < -0.39 is 0 Å². The van der Waals surface area contributed by atoms with Crippen LogP contribution in [0.1, 0.15) is 24.0 Å². The molecule has 0 bridgehead atoms. The number of ether oxygens (including phenoxy) is 1. The van der Waals surface area contributed by atoms with E-state index >= 15 is 0 Å². The van der Waals surface area contributed by atoms with Crippen molar-refractivity contribution < 1.29 is 4.74 Å². The summed E-state index contributed by atoms with van der Waals surface area (Å²) in [5, 5.41) is 0. The molecule has 3 nitrogen and oxygen atoms in total. The number of likely N-dealkylation sites (tertiary alicyclic amines) is 1. The fraction of sp³-hybridized carbons (Fsp3) is 0.600. The summed E-state index contributed by atoms with van der Waals surface area (Å²) >= 11 is 0. The third kappa shape index (κ3) is 3.47. The maximum atomic E-state index is 6.01. The largest absolute Gasteiger partial charge is 0.496 e.